The summed E-state index contributed by atoms with van der Waals surface area (Å²) in [5.74, 6) is -0.979. The largest absolute Gasteiger partial charge is 0.416 e. The lowest BCUT2D eigenvalue weighted by atomic mass is 9.97. The van der Waals surface area contributed by atoms with Gasteiger partial charge in [-0.1, -0.05) is 12.1 Å². The first-order chi connectivity index (χ1) is 13.7. The van der Waals surface area contributed by atoms with Crippen molar-refractivity contribution < 1.29 is 27.1 Å². The number of hydrogen-bond acceptors (Lipinski definition) is 3. The Bertz CT molecular complexity index is 958. The number of halogens is 4. The minimum absolute atomic E-state index is 0.0817. The molecule has 1 amide bonds. The van der Waals surface area contributed by atoms with Crippen LogP contribution in [0.5, 0.6) is 0 Å². The van der Waals surface area contributed by atoms with Crippen LogP contribution in [0, 0.1) is 12.7 Å². The summed E-state index contributed by atoms with van der Waals surface area (Å²) in [6.45, 7) is 3.97. The molecule has 29 heavy (non-hydrogen) atoms. The van der Waals surface area contributed by atoms with Gasteiger partial charge in [0.05, 0.1) is 18.3 Å². The van der Waals surface area contributed by atoms with Crippen LogP contribution in [0.1, 0.15) is 44.3 Å². The Morgan fingerprint density at radius 2 is 2.00 bits per heavy atom. The Morgan fingerprint density at radius 3 is 2.76 bits per heavy atom. The molecule has 4 nitrogen and oxygen atoms in total. The second-order valence-corrected chi connectivity index (χ2v) is 7.50. The van der Waals surface area contributed by atoms with Crippen LogP contribution in [0.25, 0.3) is 0 Å². The number of nitrogens with zero attached hydrogens (tertiary/aromatic N) is 1. The average molecular weight is 408 g/mol. The lowest BCUT2D eigenvalue weighted by Crippen LogP contribution is -2.38. The predicted molar refractivity (Wildman–Crippen MR) is 97.7 cm³/mol. The summed E-state index contributed by atoms with van der Waals surface area (Å²) in [5.41, 5.74) is 2.71. The van der Waals surface area contributed by atoms with Gasteiger partial charge < -0.3 is 10.1 Å². The number of alkyl halides is 3. The van der Waals surface area contributed by atoms with Crippen molar-refractivity contribution in [2.75, 3.05) is 19.7 Å². The van der Waals surface area contributed by atoms with Gasteiger partial charge in [0.2, 0.25) is 0 Å². The van der Waals surface area contributed by atoms with Crippen LogP contribution in [0.15, 0.2) is 30.3 Å². The number of aryl methyl sites for hydroxylation is 1. The van der Waals surface area contributed by atoms with Crippen molar-refractivity contribution in [3.05, 3.63) is 69.5 Å². The molecule has 1 saturated heterocycles. The maximum Gasteiger partial charge on any atom is 0.416 e. The van der Waals surface area contributed by atoms with E-state index in [-0.39, 0.29) is 24.1 Å². The van der Waals surface area contributed by atoms with E-state index >= 15 is 0 Å². The number of ether oxygens (including phenoxy) is 1. The molecule has 0 saturated carbocycles. The smallest absolute Gasteiger partial charge is 0.371 e. The van der Waals surface area contributed by atoms with Crippen LogP contribution in [0.2, 0.25) is 0 Å². The predicted octanol–water partition coefficient (Wildman–Crippen LogP) is 3.97. The Hall–Kier alpha value is -2.45. The minimum Gasteiger partial charge on any atom is -0.371 e. The van der Waals surface area contributed by atoms with Crippen molar-refractivity contribution in [1.82, 2.24) is 10.2 Å². The molecular weight excluding hydrogens is 388 g/mol. The fraction of sp³-hybridized carbons (Fsp3) is 0.381. The molecule has 8 heteroatoms. The molecule has 0 spiro atoms. The third-order valence-electron chi connectivity index (χ3n) is 5.32. The summed E-state index contributed by atoms with van der Waals surface area (Å²) in [7, 11) is 0. The highest BCUT2D eigenvalue weighted by Crippen LogP contribution is 2.32. The summed E-state index contributed by atoms with van der Waals surface area (Å²) in [6.07, 6.45) is -4.85. The van der Waals surface area contributed by atoms with Crippen molar-refractivity contribution in [2.24, 2.45) is 0 Å². The number of hydrogen-bond donors (Lipinski definition) is 1. The maximum absolute atomic E-state index is 13.7. The normalized spacial score (nSPS) is 19.9. The monoisotopic (exact) mass is 408 g/mol. The molecule has 1 fully saturated rings. The Labute approximate surface area is 165 Å². The molecule has 1 N–H and O–H groups in total. The van der Waals surface area contributed by atoms with Gasteiger partial charge >= 0.3 is 6.18 Å². The average Bonchev–Trinajstić information content (AvgIpc) is 3.02. The number of benzene rings is 2. The minimum atomic E-state index is -4.59. The lowest BCUT2D eigenvalue weighted by molar-refractivity contribution is -0.137. The Kier molecular flexibility index (Phi) is 5.08. The zero-order valence-electron chi connectivity index (χ0n) is 15.8. The molecule has 154 valence electrons. The summed E-state index contributed by atoms with van der Waals surface area (Å²) < 4.78 is 58.4. The van der Waals surface area contributed by atoms with E-state index < -0.39 is 17.6 Å². The van der Waals surface area contributed by atoms with E-state index in [1.165, 1.54) is 0 Å². The van der Waals surface area contributed by atoms with Gasteiger partial charge in [-0.2, -0.15) is 13.2 Å². The van der Waals surface area contributed by atoms with Gasteiger partial charge in [-0.3, -0.25) is 9.69 Å². The number of carbonyl (C=O) groups is 1. The number of rotatable bonds is 3. The quantitative estimate of drug-likeness (QED) is 0.782. The van der Waals surface area contributed by atoms with Crippen LogP contribution < -0.4 is 5.32 Å². The third kappa shape index (κ3) is 4.13. The molecule has 2 aliphatic rings. The number of morpholine rings is 1. The molecule has 0 bridgehead atoms. The highest BCUT2D eigenvalue weighted by Gasteiger charge is 2.32. The van der Waals surface area contributed by atoms with Crippen LogP contribution in [-0.2, 0) is 24.0 Å². The van der Waals surface area contributed by atoms with Gasteiger partial charge in [-0.25, -0.2) is 4.39 Å². The molecule has 1 atom stereocenters. The molecule has 2 aliphatic heterocycles. The van der Waals surface area contributed by atoms with Gasteiger partial charge in [0.25, 0.3) is 5.91 Å². The molecule has 2 heterocycles. The van der Waals surface area contributed by atoms with E-state index in [4.69, 9.17) is 4.74 Å². The van der Waals surface area contributed by atoms with Crippen molar-refractivity contribution in [1.29, 1.82) is 0 Å². The van der Waals surface area contributed by atoms with Gasteiger partial charge in [0.1, 0.15) is 5.82 Å². The lowest BCUT2D eigenvalue weighted by Gasteiger charge is -2.33. The van der Waals surface area contributed by atoms with E-state index in [0.717, 1.165) is 28.8 Å². The summed E-state index contributed by atoms with van der Waals surface area (Å²) in [4.78, 5) is 13.8. The van der Waals surface area contributed by atoms with Gasteiger partial charge in [-0.05, 0) is 47.4 Å². The first kappa shape index (κ1) is 19.8. The van der Waals surface area contributed by atoms with Crippen molar-refractivity contribution in [2.45, 2.75) is 32.3 Å². The zero-order chi connectivity index (χ0) is 20.8. The van der Waals surface area contributed by atoms with E-state index in [1.807, 2.05) is 24.0 Å². The SMILES string of the molecule is Cc1cc([C@@H]2CN(Cc3cc(F)cc(C(F)(F)F)c3)CCO2)cc2c1C(=O)NC2. The summed E-state index contributed by atoms with van der Waals surface area (Å²) in [5, 5.41) is 2.80. The molecule has 0 aliphatic carbocycles. The fourth-order valence-electron chi connectivity index (χ4n) is 4.02. The molecule has 4 rings (SSSR count). The highest BCUT2D eigenvalue weighted by atomic mass is 19.4. The van der Waals surface area contributed by atoms with Gasteiger partial charge in [0.15, 0.2) is 0 Å². The van der Waals surface area contributed by atoms with Crippen LogP contribution in [0.4, 0.5) is 17.6 Å². The van der Waals surface area contributed by atoms with Crippen LogP contribution in [0.3, 0.4) is 0 Å². The van der Waals surface area contributed by atoms with Gasteiger partial charge in [0, 0.05) is 31.7 Å². The van der Waals surface area contributed by atoms with Gasteiger partial charge in [-0.15, -0.1) is 0 Å². The van der Waals surface area contributed by atoms with E-state index in [1.54, 1.807) is 0 Å². The Balaban J connectivity index is 1.52. The topological polar surface area (TPSA) is 41.6 Å². The standard InChI is InChI=1S/C21H20F4N2O2/c1-12-4-14(7-15-9-26-20(28)19(12)15)18-11-27(2-3-29-18)10-13-5-16(21(23,24)25)8-17(22)6-13/h4-8,18H,2-3,9-11H2,1H3,(H,26,28)/t18-/m0/s1. The molecule has 2 aromatic rings. The maximum atomic E-state index is 13.7. The summed E-state index contributed by atoms with van der Waals surface area (Å²) in [6, 6.07) is 6.50. The second kappa shape index (κ2) is 7.42. The Morgan fingerprint density at radius 1 is 1.21 bits per heavy atom. The third-order valence-corrected chi connectivity index (χ3v) is 5.32. The van der Waals surface area contributed by atoms with E-state index in [9.17, 15) is 22.4 Å². The molecule has 2 aromatic carbocycles. The van der Waals surface area contributed by atoms with Crippen LogP contribution in [-0.4, -0.2) is 30.5 Å². The molecular formula is C21H20F4N2O2. The first-order valence-electron chi connectivity index (χ1n) is 9.33. The van der Waals surface area contributed by atoms with Crippen molar-refractivity contribution in [3.8, 4) is 0 Å². The van der Waals surface area contributed by atoms with E-state index in [0.29, 0.717) is 37.9 Å². The second-order valence-electron chi connectivity index (χ2n) is 7.50. The fourth-order valence-corrected chi connectivity index (χ4v) is 4.02. The van der Waals surface area contributed by atoms with Crippen LogP contribution >= 0.6 is 0 Å². The zero-order valence-corrected chi connectivity index (χ0v) is 15.8. The first-order valence-corrected chi connectivity index (χ1v) is 9.33. The molecule has 0 radical (unpaired) electrons. The number of nitrogens with one attached hydrogen (secondary N) is 1. The molecule has 0 unspecified atom stereocenters. The number of amides is 1. The number of fused-ring (bicyclic) bond motifs is 1. The van der Waals surface area contributed by atoms with Crippen molar-refractivity contribution >= 4 is 5.91 Å². The van der Waals surface area contributed by atoms with E-state index in [2.05, 4.69) is 5.32 Å². The molecule has 0 aromatic heterocycles. The highest BCUT2D eigenvalue weighted by molar-refractivity contribution is 5.99. The number of carbonyl (C=O) groups excluding carboxylic acids is 1. The summed E-state index contributed by atoms with van der Waals surface area (Å²) >= 11 is 0. The van der Waals surface area contributed by atoms with Crippen molar-refractivity contribution in [3.63, 3.8) is 0 Å².